The van der Waals surface area contributed by atoms with Crippen LogP contribution in [0.2, 0.25) is 0 Å². The largest absolute Gasteiger partial charge is 0.393 e. The highest BCUT2D eigenvalue weighted by atomic mass is 19.1. The number of Topliss-reactive ketones (excluding diaryl/α,β-unsaturated/α-hetero) is 1. The van der Waals surface area contributed by atoms with Crippen molar-refractivity contribution in [1.29, 1.82) is 0 Å². The molecule has 2 unspecified atom stereocenters. The molecule has 0 amide bonds. The van der Waals surface area contributed by atoms with Gasteiger partial charge in [-0.05, 0) is 37.8 Å². The SMILES string of the molecule is O=C(CCN1C2CCC1CC(O)C2)c1cc(F)cc(F)c1. The molecule has 21 heavy (non-hydrogen) atoms. The van der Waals surface area contributed by atoms with Gasteiger partial charge in [0.2, 0.25) is 0 Å². The number of fused-ring (bicyclic) bond motifs is 2. The van der Waals surface area contributed by atoms with Crippen molar-refractivity contribution in [2.45, 2.75) is 50.3 Å². The van der Waals surface area contributed by atoms with Crippen LogP contribution in [-0.4, -0.2) is 40.5 Å². The maximum Gasteiger partial charge on any atom is 0.164 e. The first-order valence-corrected chi connectivity index (χ1v) is 7.46. The Morgan fingerprint density at radius 3 is 2.29 bits per heavy atom. The summed E-state index contributed by atoms with van der Waals surface area (Å²) in [4.78, 5) is 14.4. The van der Waals surface area contributed by atoms with Crippen molar-refractivity contribution in [2.24, 2.45) is 0 Å². The molecule has 3 rings (SSSR count). The molecule has 2 aliphatic heterocycles. The zero-order chi connectivity index (χ0) is 15.0. The van der Waals surface area contributed by atoms with E-state index < -0.39 is 11.6 Å². The third-order valence-corrected chi connectivity index (χ3v) is 4.64. The molecular formula is C16H19F2NO2. The molecule has 0 aliphatic carbocycles. The van der Waals surface area contributed by atoms with Gasteiger partial charge in [-0.2, -0.15) is 0 Å². The average molecular weight is 295 g/mol. The maximum atomic E-state index is 13.1. The molecule has 0 radical (unpaired) electrons. The highest BCUT2D eigenvalue weighted by Crippen LogP contribution is 2.35. The number of hydrogen-bond acceptors (Lipinski definition) is 3. The Morgan fingerprint density at radius 1 is 1.14 bits per heavy atom. The second kappa shape index (κ2) is 5.81. The lowest BCUT2D eigenvalue weighted by Gasteiger charge is -2.37. The predicted molar refractivity (Wildman–Crippen MR) is 74.1 cm³/mol. The fraction of sp³-hybridized carbons (Fsp3) is 0.562. The van der Waals surface area contributed by atoms with Gasteiger partial charge < -0.3 is 5.11 Å². The van der Waals surface area contributed by atoms with Gasteiger partial charge in [0, 0.05) is 36.7 Å². The fourth-order valence-electron chi connectivity index (χ4n) is 3.70. The number of hydrogen-bond donors (Lipinski definition) is 1. The van der Waals surface area contributed by atoms with Crippen molar-refractivity contribution in [3.8, 4) is 0 Å². The molecule has 2 atom stereocenters. The molecule has 1 aromatic rings. The van der Waals surface area contributed by atoms with Crippen molar-refractivity contribution in [3.05, 3.63) is 35.4 Å². The Balaban J connectivity index is 1.61. The molecule has 1 aromatic carbocycles. The van der Waals surface area contributed by atoms with Gasteiger partial charge >= 0.3 is 0 Å². The minimum atomic E-state index is -0.723. The van der Waals surface area contributed by atoms with Gasteiger partial charge in [0.1, 0.15) is 11.6 Å². The van der Waals surface area contributed by atoms with E-state index in [0.717, 1.165) is 43.9 Å². The number of ketones is 1. The van der Waals surface area contributed by atoms with Gasteiger partial charge in [-0.15, -0.1) is 0 Å². The number of aliphatic hydroxyl groups is 1. The predicted octanol–water partition coefficient (Wildman–Crippen LogP) is 2.53. The van der Waals surface area contributed by atoms with Crippen molar-refractivity contribution in [3.63, 3.8) is 0 Å². The van der Waals surface area contributed by atoms with E-state index in [1.165, 1.54) is 0 Å². The standard InChI is InChI=1S/C16H19F2NO2/c17-11-5-10(6-12(18)7-11)16(21)3-4-19-13-1-2-14(19)9-15(20)8-13/h5-7,13-15,20H,1-4,8-9H2. The molecule has 5 heteroatoms. The lowest BCUT2D eigenvalue weighted by Crippen LogP contribution is -2.45. The Labute approximate surface area is 122 Å². The Bertz CT molecular complexity index is 515. The molecule has 2 fully saturated rings. The maximum absolute atomic E-state index is 13.1. The van der Waals surface area contributed by atoms with Gasteiger partial charge in [0.25, 0.3) is 0 Å². The number of halogens is 2. The lowest BCUT2D eigenvalue weighted by atomic mass is 9.99. The lowest BCUT2D eigenvalue weighted by molar-refractivity contribution is 0.0348. The molecule has 2 aliphatic rings. The third kappa shape index (κ3) is 3.14. The Morgan fingerprint density at radius 2 is 1.71 bits per heavy atom. The van der Waals surface area contributed by atoms with Crippen molar-refractivity contribution in [1.82, 2.24) is 4.90 Å². The smallest absolute Gasteiger partial charge is 0.164 e. The van der Waals surface area contributed by atoms with E-state index in [2.05, 4.69) is 4.90 Å². The van der Waals surface area contributed by atoms with Crippen LogP contribution in [0.15, 0.2) is 18.2 Å². The van der Waals surface area contributed by atoms with Gasteiger partial charge in [-0.25, -0.2) is 8.78 Å². The van der Waals surface area contributed by atoms with E-state index in [1.807, 2.05) is 0 Å². The van der Waals surface area contributed by atoms with E-state index in [-0.39, 0.29) is 23.9 Å². The molecule has 2 bridgehead atoms. The number of carbonyl (C=O) groups excluding carboxylic acids is 1. The van der Waals surface area contributed by atoms with Crippen LogP contribution in [0, 0.1) is 11.6 Å². The van der Waals surface area contributed by atoms with Crippen molar-refractivity contribution >= 4 is 5.78 Å². The molecule has 2 heterocycles. The van der Waals surface area contributed by atoms with Crippen LogP contribution in [0.4, 0.5) is 8.78 Å². The number of rotatable bonds is 4. The fourth-order valence-corrected chi connectivity index (χ4v) is 3.70. The summed E-state index contributed by atoms with van der Waals surface area (Å²) in [5, 5.41) is 9.75. The molecule has 1 N–H and O–H groups in total. The normalized spacial score (nSPS) is 28.8. The van der Waals surface area contributed by atoms with Gasteiger partial charge in [-0.3, -0.25) is 9.69 Å². The number of nitrogens with zero attached hydrogens (tertiary/aromatic N) is 1. The van der Waals surface area contributed by atoms with Gasteiger partial charge in [-0.1, -0.05) is 0 Å². The first-order chi connectivity index (χ1) is 10.0. The van der Waals surface area contributed by atoms with Crippen molar-refractivity contribution < 1.29 is 18.7 Å². The average Bonchev–Trinajstić information content (AvgIpc) is 2.65. The highest BCUT2D eigenvalue weighted by Gasteiger charge is 2.39. The van der Waals surface area contributed by atoms with Crippen LogP contribution in [0.25, 0.3) is 0 Å². The van der Waals surface area contributed by atoms with Crippen molar-refractivity contribution in [2.75, 3.05) is 6.54 Å². The van der Waals surface area contributed by atoms with Crippen LogP contribution in [0.1, 0.15) is 42.5 Å². The Kier molecular flexibility index (Phi) is 4.04. The first kappa shape index (κ1) is 14.6. The Hall–Kier alpha value is -1.33. The summed E-state index contributed by atoms with van der Waals surface area (Å²) < 4.78 is 26.3. The molecule has 0 aromatic heterocycles. The molecule has 0 spiro atoms. The summed E-state index contributed by atoms with van der Waals surface area (Å²) >= 11 is 0. The van der Waals surface area contributed by atoms with E-state index in [4.69, 9.17) is 0 Å². The van der Waals surface area contributed by atoms with Crippen LogP contribution in [-0.2, 0) is 0 Å². The minimum Gasteiger partial charge on any atom is -0.393 e. The van der Waals surface area contributed by atoms with E-state index in [1.54, 1.807) is 0 Å². The molecule has 3 nitrogen and oxygen atoms in total. The summed E-state index contributed by atoms with van der Waals surface area (Å²) in [5.74, 6) is -1.68. The van der Waals surface area contributed by atoms with E-state index in [0.29, 0.717) is 18.6 Å². The zero-order valence-corrected chi connectivity index (χ0v) is 11.8. The summed E-state index contributed by atoms with van der Waals surface area (Å²) in [6.07, 6.45) is 3.67. The second-order valence-corrected chi connectivity index (χ2v) is 6.08. The van der Waals surface area contributed by atoms with E-state index in [9.17, 15) is 18.7 Å². The summed E-state index contributed by atoms with van der Waals surface area (Å²) in [5.41, 5.74) is 0.0943. The monoisotopic (exact) mass is 295 g/mol. The quantitative estimate of drug-likeness (QED) is 0.868. The molecule has 0 saturated carbocycles. The van der Waals surface area contributed by atoms with E-state index >= 15 is 0 Å². The number of piperidine rings is 1. The minimum absolute atomic E-state index is 0.0943. The number of carbonyl (C=O) groups is 1. The molecular weight excluding hydrogens is 276 g/mol. The van der Waals surface area contributed by atoms with Crippen LogP contribution >= 0.6 is 0 Å². The number of aliphatic hydroxyl groups excluding tert-OH is 1. The first-order valence-electron chi connectivity index (χ1n) is 7.46. The molecule has 2 saturated heterocycles. The number of benzene rings is 1. The summed E-state index contributed by atoms with van der Waals surface area (Å²) in [6, 6.07) is 3.62. The topological polar surface area (TPSA) is 40.5 Å². The van der Waals surface area contributed by atoms with Crippen LogP contribution < -0.4 is 0 Å². The van der Waals surface area contributed by atoms with Crippen LogP contribution in [0.3, 0.4) is 0 Å². The summed E-state index contributed by atoms with van der Waals surface area (Å²) in [7, 11) is 0. The highest BCUT2D eigenvalue weighted by molar-refractivity contribution is 5.96. The van der Waals surface area contributed by atoms with Gasteiger partial charge in [0.15, 0.2) is 5.78 Å². The van der Waals surface area contributed by atoms with Crippen LogP contribution in [0.5, 0.6) is 0 Å². The zero-order valence-electron chi connectivity index (χ0n) is 11.8. The summed E-state index contributed by atoms with van der Waals surface area (Å²) in [6.45, 7) is 0.596. The third-order valence-electron chi connectivity index (χ3n) is 4.64. The second-order valence-electron chi connectivity index (χ2n) is 6.08. The molecule has 114 valence electrons. The van der Waals surface area contributed by atoms with Gasteiger partial charge in [0.05, 0.1) is 6.10 Å².